The van der Waals surface area contributed by atoms with Gasteiger partial charge in [-0.25, -0.2) is 0 Å². The number of anilines is 1. The Hall–Kier alpha value is -3.79. The second kappa shape index (κ2) is 10.4. The number of ether oxygens (including phenoxy) is 1. The van der Waals surface area contributed by atoms with Gasteiger partial charge in [0, 0.05) is 54.4 Å². The standard InChI is InChI=1S/C32H34F3N2O2/c1-7-8-11-19-37-26-18-17-22(32(33,34)35)20-24(26)30(2,3)27(37)15-12-16-28-31(4,21-29(38)39-6)23-13-9-10-14-25(23)36(28)5/h1,9-10,12-18,20H,8,11,19,21H2,2-6H3/q+1. The van der Waals surface area contributed by atoms with Crippen molar-refractivity contribution in [2.45, 2.75) is 57.0 Å². The molecule has 2 heterocycles. The molecule has 0 spiro atoms. The topological polar surface area (TPSA) is 32.5 Å². The first kappa shape index (κ1) is 28.2. The lowest BCUT2D eigenvalue weighted by molar-refractivity contribution is -0.438. The van der Waals surface area contributed by atoms with Gasteiger partial charge in [0.25, 0.3) is 0 Å². The number of hydrogen-bond acceptors (Lipinski definition) is 3. The summed E-state index contributed by atoms with van der Waals surface area (Å²) < 4.78 is 47.8. The smallest absolute Gasteiger partial charge is 0.416 e. The van der Waals surface area contributed by atoms with E-state index >= 15 is 0 Å². The van der Waals surface area contributed by atoms with Crippen LogP contribution in [0.5, 0.6) is 0 Å². The number of benzene rings is 2. The van der Waals surface area contributed by atoms with E-state index in [1.54, 1.807) is 6.07 Å². The fraction of sp³-hybridized carbons (Fsp3) is 0.375. The van der Waals surface area contributed by atoms with Crippen molar-refractivity contribution in [1.82, 2.24) is 0 Å². The monoisotopic (exact) mass is 535 g/mol. The Labute approximate surface area is 228 Å². The summed E-state index contributed by atoms with van der Waals surface area (Å²) in [5, 5.41) is 0. The van der Waals surface area contributed by atoms with Gasteiger partial charge in [0.2, 0.25) is 5.69 Å². The number of unbranched alkanes of at least 4 members (excludes halogenated alkanes) is 1. The van der Waals surface area contributed by atoms with Crippen molar-refractivity contribution in [2.75, 3.05) is 25.6 Å². The molecule has 1 unspecified atom stereocenters. The lowest BCUT2D eigenvalue weighted by Crippen LogP contribution is -2.30. The van der Waals surface area contributed by atoms with E-state index in [-0.39, 0.29) is 12.4 Å². The molecule has 2 aromatic carbocycles. The minimum Gasteiger partial charge on any atom is -0.469 e. The van der Waals surface area contributed by atoms with Crippen molar-refractivity contribution in [3.05, 3.63) is 83.1 Å². The number of rotatable bonds is 7. The van der Waals surface area contributed by atoms with Crippen molar-refractivity contribution < 1.29 is 27.3 Å². The van der Waals surface area contributed by atoms with Gasteiger partial charge in [-0.2, -0.15) is 17.7 Å². The Morgan fingerprint density at radius 2 is 1.87 bits per heavy atom. The van der Waals surface area contributed by atoms with Gasteiger partial charge in [-0.05, 0) is 50.6 Å². The number of allylic oxidation sites excluding steroid dienone is 4. The molecule has 2 aliphatic rings. The zero-order valence-corrected chi connectivity index (χ0v) is 23.0. The van der Waals surface area contributed by atoms with E-state index < -0.39 is 22.6 Å². The molecule has 0 radical (unpaired) electrons. The number of carbonyl (C=O) groups is 1. The average molecular weight is 536 g/mol. The van der Waals surface area contributed by atoms with E-state index in [2.05, 4.69) is 15.4 Å². The molecule has 0 amide bonds. The number of para-hydroxylation sites is 1. The molecule has 2 aliphatic heterocycles. The molecule has 0 saturated heterocycles. The number of methoxy groups -OCH3 is 1. The fourth-order valence-corrected chi connectivity index (χ4v) is 5.88. The van der Waals surface area contributed by atoms with Crippen molar-refractivity contribution >= 4 is 23.1 Å². The van der Waals surface area contributed by atoms with Gasteiger partial charge in [-0.1, -0.05) is 24.3 Å². The molecule has 39 heavy (non-hydrogen) atoms. The van der Waals surface area contributed by atoms with E-state index in [1.807, 2.05) is 70.3 Å². The van der Waals surface area contributed by atoms with Gasteiger partial charge in [0.15, 0.2) is 5.71 Å². The summed E-state index contributed by atoms with van der Waals surface area (Å²) in [7, 11) is 3.35. The number of carbonyl (C=O) groups excluding carboxylic acids is 1. The van der Waals surface area contributed by atoms with Gasteiger partial charge in [-0.3, -0.25) is 4.79 Å². The number of alkyl halides is 3. The summed E-state index contributed by atoms with van der Waals surface area (Å²) in [6.45, 7) is 6.50. The lowest BCUT2D eigenvalue weighted by atomic mass is 9.78. The number of likely N-dealkylation sites (N-methyl/N-ethyl adjacent to an activating group) is 1. The molecule has 0 fully saturated rings. The summed E-state index contributed by atoms with van der Waals surface area (Å²) in [5.41, 5.74) is 3.33. The first-order chi connectivity index (χ1) is 18.4. The largest absolute Gasteiger partial charge is 0.469 e. The Balaban J connectivity index is 1.78. The third-order valence-electron chi connectivity index (χ3n) is 7.94. The highest BCUT2D eigenvalue weighted by molar-refractivity contribution is 6.03. The SMILES string of the molecule is C#CCCC[N+]1=C(/C=C/C=C2/N(C)c3ccccc3C2(C)CC(=O)OC)C(C)(C)c2cc(C(F)(F)F)ccc21. The van der Waals surface area contributed by atoms with Crippen molar-refractivity contribution in [1.29, 1.82) is 0 Å². The zero-order valence-electron chi connectivity index (χ0n) is 23.0. The molecule has 4 rings (SSSR count). The Bertz CT molecular complexity index is 1430. The van der Waals surface area contributed by atoms with Crippen LogP contribution in [0, 0.1) is 12.3 Å². The van der Waals surface area contributed by atoms with Crippen LogP contribution in [-0.4, -0.2) is 37.0 Å². The first-order valence-corrected chi connectivity index (χ1v) is 13.0. The third-order valence-corrected chi connectivity index (χ3v) is 7.94. The summed E-state index contributed by atoms with van der Waals surface area (Å²) in [4.78, 5) is 14.5. The zero-order chi connectivity index (χ0) is 28.6. The van der Waals surface area contributed by atoms with E-state index in [0.717, 1.165) is 34.4 Å². The molecule has 0 aliphatic carbocycles. The molecule has 1 atom stereocenters. The predicted octanol–water partition coefficient (Wildman–Crippen LogP) is 6.91. The summed E-state index contributed by atoms with van der Waals surface area (Å²) >= 11 is 0. The number of terminal acetylenes is 1. The Morgan fingerprint density at radius 3 is 2.54 bits per heavy atom. The number of hydrogen-bond donors (Lipinski definition) is 0. The highest BCUT2D eigenvalue weighted by atomic mass is 19.4. The van der Waals surface area contributed by atoms with Gasteiger partial charge in [0.1, 0.15) is 6.54 Å². The fourth-order valence-electron chi connectivity index (χ4n) is 5.88. The van der Waals surface area contributed by atoms with Crippen LogP contribution in [0.25, 0.3) is 0 Å². The maximum absolute atomic E-state index is 13.6. The number of halogens is 3. The normalized spacial score (nSPS) is 20.9. The molecule has 2 aromatic rings. The molecule has 0 aromatic heterocycles. The summed E-state index contributed by atoms with van der Waals surface area (Å²) in [5.74, 6) is 2.34. The van der Waals surface area contributed by atoms with Crippen LogP contribution >= 0.6 is 0 Å². The molecule has 0 saturated carbocycles. The quantitative estimate of drug-likeness (QED) is 0.167. The molecule has 4 nitrogen and oxygen atoms in total. The summed E-state index contributed by atoms with van der Waals surface area (Å²) in [6, 6.07) is 11.9. The van der Waals surface area contributed by atoms with E-state index in [4.69, 9.17) is 11.2 Å². The molecule has 204 valence electrons. The number of fused-ring (bicyclic) bond motifs is 2. The second-order valence-electron chi connectivity index (χ2n) is 10.8. The minimum absolute atomic E-state index is 0.177. The Kier molecular flexibility index (Phi) is 7.53. The van der Waals surface area contributed by atoms with Gasteiger partial charge < -0.3 is 9.64 Å². The van der Waals surface area contributed by atoms with Crippen LogP contribution in [0.4, 0.5) is 24.5 Å². The highest BCUT2D eigenvalue weighted by Gasteiger charge is 2.46. The summed E-state index contributed by atoms with van der Waals surface area (Å²) in [6.07, 6.45) is 8.38. The van der Waals surface area contributed by atoms with Crippen molar-refractivity contribution in [3.63, 3.8) is 0 Å². The van der Waals surface area contributed by atoms with E-state index in [0.29, 0.717) is 24.9 Å². The van der Waals surface area contributed by atoms with E-state index in [9.17, 15) is 18.0 Å². The van der Waals surface area contributed by atoms with Crippen LogP contribution < -0.4 is 4.90 Å². The van der Waals surface area contributed by atoms with Crippen molar-refractivity contribution in [3.8, 4) is 12.3 Å². The number of nitrogens with zero attached hydrogens (tertiary/aromatic N) is 2. The maximum atomic E-state index is 13.6. The van der Waals surface area contributed by atoms with Crippen molar-refractivity contribution in [2.24, 2.45) is 0 Å². The maximum Gasteiger partial charge on any atom is 0.416 e. The molecular weight excluding hydrogens is 501 g/mol. The second-order valence-corrected chi connectivity index (χ2v) is 10.8. The van der Waals surface area contributed by atoms with Gasteiger partial charge >= 0.3 is 12.1 Å². The number of esters is 1. The van der Waals surface area contributed by atoms with Gasteiger partial charge in [0.05, 0.1) is 24.5 Å². The van der Waals surface area contributed by atoms with Crippen LogP contribution in [-0.2, 0) is 26.5 Å². The van der Waals surface area contributed by atoms with Crippen LogP contribution in [0.15, 0.2) is 66.4 Å². The van der Waals surface area contributed by atoms with E-state index in [1.165, 1.54) is 13.2 Å². The third kappa shape index (κ3) is 5.01. The van der Waals surface area contributed by atoms with Crippen LogP contribution in [0.2, 0.25) is 0 Å². The van der Waals surface area contributed by atoms with Crippen LogP contribution in [0.1, 0.15) is 56.7 Å². The molecule has 0 N–H and O–H groups in total. The van der Waals surface area contributed by atoms with Gasteiger partial charge in [-0.15, -0.1) is 12.3 Å². The average Bonchev–Trinajstić information content (AvgIpc) is 3.23. The minimum atomic E-state index is -4.42. The first-order valence-electron chi connectivity index (χ1n) is 13.0. The molecule has 0 bridgehead atoms. The Morgan fingerprint density at radius 1 is 1.15 bits per heavy atom. The lowest BCUT2D eigenvalue weighted by Gasteiger charge is -2.27. The molecule has 7 heteroatoms. The highest BCUT2D eigenvalue weighted by Crippen LogP contribution is 2.49. The predicted molar refractivity (Wildman–Crippen MR) is 148 cm³/mol. The van der Waals surface area contributed by atoms with Crippen LogP contribution in [0.3, 0.4) is 0 Å². The molecular formula is C32H34F3N2O2+.